The van der Waals surface area contributed by atoms with Crippen molar-refractivity contribution in [1.29, 1.82) is 0 Å². The molecule has 3 aromatic rings. The van der Waals surface area contributed by atoms with Gasteiger partial charge in [-0.05, 0) is 61.4 Å². The van der Waals surface area contributed by atoms with Crippen LogP contribution in [0.25, 0.3) is 0 Å². The fraction of sp³-hybridized carbons (Fsp3) is 0.280. The van der Waals surface area contributed by atoms with Gasteiger partial charge in [0.1, 0.15) is 18.0 Å². The number of rotatable bonds is 9. The summed E-state index contributed by atoms with van der Waals surface area (Å²) >= 11 is 0. The number of ether oxygens (including phenoxy) is 1. The molecule has 3 heteroatoms. The minimum Gasteiger partial charge on any atom is -0.508 e. The van der Waals surface area contributed by atoms with Crippen molar-refractivity contribution < 1.29 is 15.2 Å². The van der Waals surface area contributed by atoms with Gasteiger partial charge in [0, 0.05) is 17.9 Å². The Labute approximate surface area is 168 Å². The van der Waals surface area contributed by atoms with Crippen LogP contribution in [0.15, 0.2) is 78.9 Å². The van der Waals surface area contributed by atoms with Crippen molar-refractivity contribution in [2.24, 2.45) is 0 Å². The van der Waals surface area contributed by atoms with Crippen LogP contribution in [0, 0.1) is 0 Å². The van der Waals surface area contributed by atoms with E-state index in [1.54, 1.807) is 12.1 Å². The number of phenols is 1. The van der Waals surface area contributed by atoms with Gasteiger partial charge < -0.3 is 15.2 Å². The maximum absolute atomic E-state index is 9.40. The maximum atomic E-state index is 9.40. The third-order valence-corrected chi connectivity index (χ3v) is 4.83. The summed E-state index contributed by atoms with van der Waals surface area (Å²) in [6, 6.07) is 26.7. The first kappa shape index (κ1) is 20.0. The molecule has 146 valence electrons. The predicted octanol–water partition coefficient (Wildman–Crippen LogP) is 4.47. The first-order valence-electron chi connectivity index (χ1n) is 10.0. The molecule has 0 amide bonds. The highest BCUT2D eigenvalue weighted by Gasteiger charge is 2.15. The number of aromatic hydroxyl groups is 1. The van der Waals surface area contributed by atoms with Crippen LogP contribution in [0.2, 0.25) is 0 Å². The lowest BCUT2D eigenvalue weighted by Crippen LogP contribution is -2.82. The number of benzene rings is 3. The maximum Gasteiger partial charge on any atom is 0.119 e. The van der Waals surface area contributed by atoms with Gasteiger partial charge in [0.05, 0.1) is 12.6 Å². The standard InChI is InChI=1S/C25H29NO2/c1-19(2)28-24-14-10-22(11-15-24)25(21-6-4-3-5-7-21)16-17-26-18-20-8-12-23(27)13-9-20/h3-15,19,25-27H,16-18H2,1-2H3/p+1/t25-/m1/s1. The molecule has 0 spiro atoms. The Morgan fingerprint density at radius 3 is 2.11 bits per heavy atom. The lowest BCUT2D eigenvalue weighted by atomic mass is 9.88. The van der Waals surface area contributed by atoms with Crippen LogP contribution in [0.1, 0.15) is 42.9 Å². The van der Waals surface area contributed by atoms with E-state index < -0.39 is 0 Å². The van der Waals surface area contributed by atoms with E-state index in [2.05, 4.69) is 59.9 Å². The molecule has 0 unspecified atom stereocenters. The molecule has 0 aromatic heterocycles. The molecule has 3 rings (SSSR count). The summed E-state index contributed by atoms with van der Waals surface area (Å²) < 4.78 is 5.79. The van der Waals surface area contributed by atoms with Gasteiger partial charge in [0.2, 0.25) is 0 Å². The lowest BCUT2D eigenvalue weighted by Gasteiger charge is -2.18. The average Bonchev–Trinajstić information content (AvgIpc) is 2.70. The SMILES string of the molecule is CC(C)Oc1ccc([C@H](CC[NH2+]Cc2ccc(O)cc2)c2ccccc2)cc1. The van der Waals surface area contributed by atoms with Crippen molar-refractivity contribution >= 4 is 0 Å². The normalized spacial score (nSPS) is 12.1. The Morgan fingerprint density at radius 1 is 0.821 bits per heavy atom. The Morgan fingerprint density at radius 2 is 1.46 bits per heavy atom. The molecule has 0 aliphatic rings. The van der Waals surface area contributed by atoms with Gasteiger partial charge >= 0.3 is 0 Å². The number of quaternary nitrogens is 1. The Kier molecular flexibility index (Phi) is 7.10. The van der Waals surface area contributed by atoms with E-state index in [0.717, 1.165) is 25.3 Å². The van der Waals surface area contributed by atoms with Gasteiger partial charge in [-0.25, -0.2) is 0 Å². The molecule has 1 atom stereocenters. The molecule has 0 aliphatic heterocycles. The topological polar surface area (TPSA) is 46.1 Å². The number of phenolic OH excluding ortho intramolecular Hbond substituents is 1. The number of nitrogens with two attached hydrogens (primary N) is 1. The smallest absolute Gasteiger partial charge is 0.119 e. The van der Waals surface area contributed by atoms with Crippen LogP contribution in [0.4, 0.5) is 0 Å². The van der Waals surface area contributed by atoms with Gasteiger partial charge in [-0.15, -0.1) is 0 Å². The summed E-state index contributed by atoms with van der Waals surface area (Å²) in [4.78, 5) is 0. The Balaban J connectivity index is 1.65. The van der Waals surface area contributed by atoms with Crippen molar-refractivity contribution in [3.63, 3.8) is 0 Å². The third kappa shape index (κ3) is 5.86. The zero-order chi connectivity index (χ0) is 19.8. The molecule has 0 aliphatic carbocycles. The Bertz CT molecular complexity index is 827. The molecule has 0 saturated heterocycles. The van der Waals surface area contributed by atoms with Gasteiger partial charge in [0.15, 0.2) is 0 Å². The molecule has 0 heterocycles. The van der Waals surface area contributed by atoms with E-state index >= 15 is 0 Å². The van der Waals surface area contributed by atoms with Crippen molar-refractivity contribution in [3.05, 3.63) is 95.6 Å². The lowest BCUT2D eigenvalue weighted by molar-refractivity contribution is -0.671. The van der Waals surface area contributed by atoms with Crippen molar-refractivity contribution in [2.45, 2.75) is 38.8 Å². The Hall–Kier alpha value is -2.78. The predicted molar refractivity (Wildman–Crippen MR) is 114 cm³/mol. The van der Waals surface area contributed by atoms with E-state index in [-0.39, 0.29) is 6.10 Å². The summed E-state index contributed by atoms with van der Waals surface area (Å²) in [6.07, 6.45) is 1.25. The fourth-order valence-electron chi connectivity index (χ4n) is 3.45. The van der Waals surface area contributed by atoms with Gasteiger partial charge in [-0.2, -0.15) is 0 Å². The van der Waals surface area contributed by atoms with Crippen LogP contribution in [0.5, 0.6) is 11.5 Å². The van der Waals surface area contributed by atoms with E-state index in [1.165, 1.54) is 16.7 Å². The molecule has 0 radical (unpaired) electrons. The first-order chi connectivity index (χ1) is 13.6. The summed E-state index contributed by atoms with van der Waals surface area (Å²) in [5.41, 5.74) is 3.89. The molecule has 0 fully saturated rings. The summed E-state index contributed by atoms with van der Waals surface area (Å²) in [6.45, 7) is 6.04. The zero-order valence-electron chi connectivity index (χ0n) is 16.7. The molecule has 3 N–H and O–H groups in total. The van der Waals surface area contributed by atoms with Gasteiger partial charge in [-0.1, -0.05) is 42.5 Å². The van der Waals surface area contributed by atoms with Crippen LogP contribution in [-0.2, 0) is 6.54 Å². The minimum atomic E-state index is 0.185. The van der Waals surface area contributed by atoms with Crippen molar-refractivity contribution in [1.82, 2.24) is 0 Å². The highest BCUT2D eigenvalue weighted by Crippen LogP contribution is 2.29. The largest absolute Gasteiger partial charge is 0.508 e. The molecule has 0 saturated carbocycles. The van der Waals surface area contributed by atoms with Crippen LogP contribution in [0.3, 0.4) is 0 Å². The average molecular weight is 377 g/mol. The highest BCUT2D eigenvalue weighted by atomic mass is 16.5. The minimum absolute atomic E-state index is 0.185. The second-order valence-electron chi connectivity index (χ2n) is 7.44. The molecule has 3 aromatic carbocycles. The van der Waals surface area contributed by atoms with Crippen LogP contribution in [-0.4, -0.2) is 17.8 Å². The van der Waals surface area contributed by atoms with Gasteiger partial charge in [0.25, 0.3) is 0 Å². The van der Waals surface area contributed by atoms with E-state index in [1.807, 2.05) is 26.0 Å². The molecule has 28 heavy (non-hydrogen) atoms. The van der Waals surface area contributed by atoms with Gasteiger partial charge in [-0.3, -0.25) is 0 Å². The summed E-state index contributed by atoms with van der Waals surface area (Å²) in [5, 5.41) is 11.7. The van der Waals surface area contributed by atoms with Crippen molar-refractivity contribution in [2.75, 3.05) is 6.54 Å². The van der Waals surface area contributed by atoms with E-state index in [0.29, 0.717) is 11.7 Å². The molecule has 3 nitrogen and oxygen atoms in total. The third-order valence-electron chi connectivity index (χ3n) is 4.83. The zero-order valence-corrected chi connectivity index (χ0v) is 16.7. The first-order valence-corrected chi connectivity index (χ1v) is 10.0. The summed E-state index contributed by atoms with van der Waals surface area (Å²) in [5.74, 6) is 1.60. The summed E-state index contributed by atoms with van der Waals surface area (Å²) in [7, 11) is 0. The van der Waals surface area contributed by atoms with E-state index in [9.17, 15) is 5.11 Å². The van der Waals surface area contributed by atoms with Crippen LogP contribution < -0.4 is 10.1 Å². The van der Waals surface area contributed by atoms with Crippen molar-refractivity contribution in [3.8, 4) is 11.5 Å². The molecule has 0 bridgehead atoms. The number of hydrogen-bond donors (Lipinski definition) is 2. The number of hydrogen-bond acceptors (Lipinski definition) is 2. The van der Waals surface area contributed by atoms with E-state index in [4.69, 9.17) is 4.74 Å². The monoisotopic (exact) mass is 376 g/mol. The van der Waals surface area contributed by atoms with Crippen LogP contribution >= 0.6 is 0 Å². The quantitative estimate of drug-likeness (QED) is 0.542. The second-order valence-corrected chi connectivity index (χ2v) is 7.44. The highest BCUT2D eigenvalue weighted by molar-refractivity contribution is 5.36. The second kappa shape index (κ2) is 9.95. The fourth-order valence-corrected chi connectivity index (χ4v) is 3.45. The molecular weight excluding hydrogens is 346 g/mol. The molecular formula is C25H30NO2+.